The summed E-state index contributed by atoms with van der Waals surface area (Å²) < 4.78 is 0. The molecule has 1 aliphatic rings. The van der Waals surface area contributed by atoms with Crippen LogP contribution in [0.25, 0.3) is 0 Å². The molecule has 1 aliphatic heterocycles. The molecular weight excluding hydrogens is 402 g/mol. The van der Waals surface area contributed by atoms with Crippen LogP contribution in [0.15, 0.2) is 73.1 Å². The van der Waals surface area contributed by atoms with Crippen LogP contribution in [-0.2, 0) is 0 Å². The van der Waals surface area contributed by atoms with Gasteiger partial charge in [-0.2, -0.15) is 0 Å². The average Bonchev–Trinajstić information content (AvgIpc) is 2.85. The second kappa shape index (κ2) is 10.5. The summed E-state index contributed by atoms with van der Waals surface area (Å²) in [7, 11) is 0. The van der Waals surface area contributed by atoms with Crippen molar-refractivity contribution in [1.29, 1.82) is 0 Å². The van der Waals surface area contributed by atoms with Crippen molar-refractivity contribution in [3.8, 4) is 0 Å². The predicted molar refractivity (Wildman–Crippen MR) is 124 cm³/mol. The van der Waals surface area contributed by atoms with E-state index in [1.54, 1.807) is 30.6 Å². The quantitative estimate of drug-likeness (QED) is 0.592. The molecule has 164 valence electrons. The lowest BCUT2D eigenvalue weighted by molar-refractivity contribution is 0.0601. The van der Waals surface area contributed by atoms with E-state index >= 15 is 0 Å². The lowest BCUT2D eigenvalue weighted by Crippen LogP contribution is -2.45. The summed E-state index contributed by atoms with van der Waals surface area (Å²) in [6.07, 6.45) is 7.10. The first-order chi connectivity index (χ1) is 15.7. The number of benzene rings is 2. The highest BCUT2D eigenvalue weighted by atomic mass is 16.2. The number of hydrogen-bond acceptors (Lipinski definition) is 5. The number of nitrogens with zero attached hydrogens (tertiary/aromatic N) is 3. The summed E-state index contributed by atoms with van der Waals surface area (Å²) in [6.45, 7) is 1.27. The number of aromatic nitrogens is 2. The Labute approximate surface area is 187 Å². The Bertz CT molecular complexity index is 1040. The van der Waals surface area contributed by atoms with Gasteiger partial charge in [-0.05, 0) is 62.1 Å². The zero-order valence-electron chi connectivity index (χ0n) is 17.9. The average molecular weight is 430 g/mol. The van der Waals surface area contributed by atoms with E-state index in [4.69, 9.17) is 0 Å². The maximum Gasteiger partial charge on any atom is 0.254 e. The van der Waals surface area contributed by atoms with Gasteiger partial charge in [0.25, 0.3) is 11.8 Å². The maximum absolute atomic E-state index is 13.3. The Kier molecular flexibility index (Phi) is 7.07. The number of anilines is 2. The number of carbonyl (C=O) groups is 2. The number of carbonyl (C=O) groups excluding carboxylic acids is 2. The zero-order chi connectivity index (χ0) is 22.2. The molecule has 1 fully saturated rings. The van der Waals surface area contributed by atoms with Gasteiger partial charge in [0, 0.05) is 48.3 Å². The normalized spacial score (nSPS) is 15.8. The predicted octanol–water partition coefficient (Wildman–Crippen LogP) is 4.04. The molecule has 2 aromatic carbocycles. The Morgan fingerprint density at radius 3 is 2.53 bits per heavy atom. The topological polar surface area (TPSA) is 87.2 Å². The lowest BCUT2D eigenvalue weighted by atomic mass is 9.98. The summed E-state index contributed by atoms with van der Waals surface area (Å²) in [6, 6.07) is 18.5. The summed E-state index contributed by atoms with van der Waals surface area (Å²) in [4.78, 5) is 35.9. The van der Waals surface area contributed by atoms with E-state index in [9.17, 15) is 9.59 Å². The van der Waals surface area contributed by atoms with Gasteiger partial charge in [-0.1, -0.05) is 24.3 Å². The number of nitrogens with one attached hydrogen (secondary N) is 2. The first-order valence-electron chi connectivity index (χ1n) is 11.0. The minimum Gasteiger partial charge on any atom is -0.352 e. The van der Waals surface area contributed by atoms with Gasteiger partial charge in [0.1, 0.15) is 0 Å². The lowest BCUT2D eigenvalue weighted by Gasteiger charge is -2.36. The van der Waals surface area contributed by atoms with Gasteiger partial charge in [0.2, 0.25) is 5.95 Å². The molecule has 4 rings (SSSR count). The van der Waals surface area contributed by atoms with Gasteiger partial charge < -0.3 is 15.5 Å². The Morgan fingerprint density at radius 2 is 1.72 bits per heavy atom. The molecule has 3 aromatic rings. The fourth-order valence-electron chi connectivity index (χ4n) is 4.00. The third-order valence-electron chi connectivity index (χ3n) is 5.62. The molecule has 0 spiro atoms. The number of hydrogen-bond donors (Lipinski definition) is 2. The molecule has 7 nitrogen and oxygen atoms in total. The molecule has 7 heteroatoms. The molecule has 1 atom stereocenters. The Morgan fingerprint density at radius 1 is 0.938 bits per heavy atom. The van der Waals surface area contributed by atoms with Crippen LogP contribution >= 0.6 is 0 Å². The zero-order valence-corrected chi connectivity index (χ0v) is 17.9. The second-order valence-corrected chi connectivity index (χ2v) is 7.84. The van der Waals surface area contributed by atoms with Crippen molar-refractivity contribution in [1.82, 2.24) is 20.2 Å². The highest BCUT2D eigenvalue weighted by Crippen LogP contribution is 2.23. The van der Waals surface area contributed by atoms with Crippen molar-refractivity contribution >= 4 is 23.5 Å². The van der Waals surface area contributed by atoms with Crippen molar-refractivity contribution in [3.63, 3.8) is 0 Å². The van der Waals surface area contributed by atoms with Crippen LogP contribution in [0.5, 0.6) is 0 Å². The third kappa shape index (κ3) is 5.49. The van der Waals surface area contributed by atoms with E-state index in [0.29, 0.717) is 23.6 Å². The SMILES string of the molecule is O=C(NCC[C@H]1CCCCN1C(=O)c1cccc(Nc2ncccn2)c1)c1ccccc1. The molecule has 1 saturated heterocycles. The maximum atomic E-state index is 13.3. The molecule has 0 radical (unpaired) electrons. The Hall–Kier alpha value is -3.74. The fourth-order valence-corrected chi connectivity index (χ4v) is 4.00. The molecule has 2 amide bonds. The molecule has 0 aliphatic carbocycles. The van der Waals surface area contributed by atoms with Crippen LogP contribution in [0.3, 0.4) is 0 Å². The van der Waals surface area contributed by atoms with Crippen LogP contribution in [0.4, 0.5) is 11.6 Å². The minimum atomic E-state index is -0.0822. The largest absolute Gasteiger partial charge is 0.352 e. The highest BCUT2D eigenvalue weighted by Gasteiger charge is 2.27. The van der Waals surface area contributed by atoms with Gasteiger partial charge in [0.05, 0.1) is 0 Å². The van der Waals surface area contributed by atoms with Crippen LogP contribution in [-0.4, -0.2) is 45.8 Å². The second-order valence-electron chi connectivity index (χ2n) is 7.84. The standard InChI is InChI=1S/C25H27N5O2/c31-23(19-8-2-1-3-9-19)26-16-13-22-12-4-5-17-30(22)24(32)20-10-6-11-21(18-20)29-25-27-14-7-15-28-25/h1-3,6-11,14-15,18,22H,4-5,12-13,16-17H2,(H,26,31)(H,27,28,29)/t22-/m1/s1. The molecular formula is C25H27N5O2. The fraction of sp³-hybridized carbons (Fsp3) is 0.280. The number of likely N-dealkylation sites (tertiary alicyclic amines) is 1. The summed E-state index contributed by atoms with van der Waals surface area (Å²) >= 11 is 0. The number of amides is 2. The van der Waals surface area contributed by atoms with Crippen LogP contribution in [0.1, 0.15) is 46.4 Å². The monoisotopic (exact) mass is 429 g/mol. The van der Waals surface area contributed by atoms with Crippen LogP contribution in [0, 0.1) is 0 Å². The molecule has 0 bridgehead atoms. The van der Waals surface area contributed by atoms with Crippen molar-refractivity contribution in [2.45, 2.75) is 31.7 Å². The van der Waals surface area contributed by atoms with Gasteiger partial charge in [-0.15, -0.1) is 0 Å². The van der Waals surface area contributed by atoms with E-state index in [0.717, 1.165) is 37.9 Å². The van der Waals surface area contributed by atoms with Crippen molar-refractivity contribution in [3.05, 3.63) is 84.2 Å². The molecule has 2 heterocycles. The van der Waals surface area contributed by atoms with Gasteiger partial charge in [-0.25, -0.2) is 9.97 Å². The van der Waals surface area contributed by atoms with Crippen molar-refractivity contribution in [2.24, 2.45) is 0 Å². The summed E-state index contributed by atoms with van der Waals surface area (Å²) in [5.41, 5.74) is 2.05. The molecule has 0 unspecified atom stereocenters. The molecule has 2 N–H and O–H groups in total. The number of rotatable bonds is 7. The van der Waals surface area contributed by atoms with Gasteiger partial charge >= 0.3 is 0 Å². The van der Waals surface area contributed by atoms with Gasteiger partial charge in [-0.3, -0.25) is 9.59 Å². The first-order valence-corrected chi connectivity index (χ1v) is 11.0. The van der Waals surface area contributed by atoms with Crippen molar-refractivity contribution < 1.29 is 9.59 Å². The number of piperidine rings is 1. The van der Waals surface area contributed by atoms with E-state index in [2.05, 4.69) is 20.6 Å². The van der Waals surface area contributed by atoms with Crippen LogP contribution in [0.2, 0.25) is 0 Å². The first kappa shape index (κ1) is 21.5. The van der Waals surface area contributed by atoms with E-state index in [-0.39, 0.29) is 17.9 Å². The van der Waals surface area contributed by atoms with E-state index < -0.39 is 0 Å². The smallest absolute Gasteiger partial charge is 0.254 e. The Balaban J connectivity index is 1.38. The molecule has 32 heavy (non-hydrogen) atoms. The van der Waals surface area contributed by atoms with Crippen LogP contribution < -0.4 is 10.6 Å². The molecule has 0 saturated carbocycles. The summed E-state index contributed by atoms with van der Waals surface area (Å²) in [5.74, 6) is 0.421. The van der Waals surface area contributed by atoms with Gasteiger partial charge in [0.15, 0.2) is 0 Å². The third-order valence-corrected chi connectivity index (χ3v) is 5.62. The minimum absolute atomic E-state index is 0.0155. The van der Waals surface area contributed by atoms with E-state index in [1.807, 2.05) is 47.4 Å². The summed E-state index contributed by atoms with van der Waals surface area (Å²) in [5, 5.41) is 6.12. The molecule has 1 aromatic heterocycles. The van der Waals surface area contributed by atoms with Crippen molar-refractivity contribution in [2.75, 3.05) is 18.4 Å². The highest BCUT2D eigenvalue weighted by molar-refractivity contribution is 5.95. The van der Waals surface area contributed by atoms with E-state index in [1.165, 1.54) is 0 Å².